The minimum atomic E-state index is -0.270. The van der Waals surface area contributed by atoms with Crippen LogP contribution >= 0.6 is 0 Å². The summed E-state index contributed by atoms with van der Waals surface area (Å²) in [6.07, 6.45) is 3.38. The molecule has 1 aliphatic rings. The second kappa shape index (κ2) is 4.67. The summed E-state index contributed by atoms with van der Waals surface area (Å²) in [5, 5.41) is 9.31. The number of hydrogen-bond donors (Lipinski definition) is 0. The van der Waals surface area contributed by atoms with Gasteiger partial charge in [-0.15, -0.1) is 0 Å². The number of likely N-dealkylation sites (tertiary alicyclic amines) is 1. The lowest BCUT2D eigenvalue weighted by molar-refractivity contribution is 0.0987. The van der Waals surface area contributed by atoms with Crippen molar-refractivity contribution in [2.75, 3.05) is 6.54 Å². The molecule has 0 aliphatic carbocycles. The van der Waals surface area contributed by atoms with Crippen molar-refractivity contribution in [2.45, 2.75) is 38.3 Å². The van der Waals surface area contributed by atoms with E-state index in [0.717, 1.165) is 19.5 Å². The first kappa shape index (κ1) is 11.2. The Labute approximate surface area is 97.5 Å². The summed E-state index contributed by atoms with van der Waals surface area (Å²) in [5.74, 6) is 0. The van der Waals surface area contributed by atoms with Gasteiger partial charge < -0.3 is 0 Å². The highest BCUT2D eigenvalue weighted by atomic mass is 15.2. The molecule has 2 heteroatoms. The molecule has 1 aromatic rings. The molecule has 1 fully saturated rings. The van der Waals surface area contributed by atoms with Gasteiger partial charge in [0.2, 0.25) is 0 Å². The molecule has 16 heavy (non-hydrogen) atoms. The molecular formula is C14H18N2. The van der Waals surface area contributed by atoms with E-state index in [1.807, 2.05) is 6.07 Å². The summed E-state index contributed by atoms with van der Waals surface area (Å²) in [4.78, 5) is 2.31. The first-order valence-electron chi connectivity index (χ1n) is 5.95. The average molecular weight is 214 g/mol. The second-order valence-corrected chi connectivity index (χ2v) is 4.75. The molecule has 1 aromatic carbocycles. The predicted molar refractivity (Wildman–Crippen MR) is 64.7 cm³/mol. The molecule has 0 radical (unpaired) electrons. The molecule has 0 bridgehead atoms. The van der Waals surface area contributed by atoms with Crippen molar-refractivity contribution in [3.8, 4) is 6.07 Å². The van der Waals surface area contributed by atoms with Crippen LogP contribution in [0.5, 0.6) is 0 Å². The molecule has 1 saturated heterocycles. The summed E-state index contributed by atoms with van der Waals surface area (Å²) in [7, 11) is 0. The Bertz CT molecular complexity index is 379. The molecular weight excluding hydrogens is 196 g/mol. The average Bonchev–Trinajstić information content (AvgIpc) is 2.34. The summed E-state index contributed by atoms with van der Waals surface area (Å²) in [6.45, 7) is 4.00. The van der Waals surface area contributed by atoms with E-state index in [4.69, 9.17) is 0 Å². The lowest BCUT2D eigenvalue weighted by atomic mass is 9.89. The number of benzene rings is 1. The Hall–Kier alpha value is -1.33. The van der Waals surface area contributed by atoms with Crippen LogP contribution in [0.15, 0.2) is 30.3 Å². The van der Waals surface area contributed by atoms with Crippen molar-refractivity contribution < 1.29 is 0 Å². The molecule has 1 unspecified atom stereocenters. The fourth-order valence-electron chi connectivity index (χ4n) is 2.36. The first-order chi connectivity index (χ1) is 7.74. The van der Waals surface area contributed by atoms with Crippen molar-refractivity contribution >= 4 is 0 Å². The molecule has 1 aliphatic heterocycles. The highest BCUT2D eigenvalue weighted by molar-refractivity contribution is 5.17. The van der Waals surface area contributed by atoms with Gasteiger partial charge in [-0.05, 0) is 38.3 Å². The highest BCUT2D eigenvalue weighted by Gasteiger charge is 2.34. The normalized spacial score (nSPS) is 26.2. The van der Waals surface area contributed by atoms with Crippen LogP contribution in [0.3, 0.4) is 0 Å². The van der Waals surface area contributed by atoms with Gasteiger partial charge in [-0.1, -0.05) is 30.3 Å². The maximum Gasteiger partial charge on any atom is 0.106 e. The Morgan fingerprint density at radius 2 is 2.06 bits per heavy atom. The zero-order valence-electron chi connectivity index (χ0n) is 9.82. The van der Waals surface area contributed by atoms with Gasteiger partial charge in [-0.25, -0.2) is 0 Å². The predicted octanol–water partition coefficient (Wildman–Crippen LogP) is 2.95. The number of hydrogen-bond acceptors (Lipinski definition) is 2. The third-order valence-corrected chi connectivity index (χ3v) is 3.50. The maximum absolute atomic E-state index is 9.31. The van der Waals surface area contributed by atoms with Gasteiger partial charge in [0.05, 0.1) is 6.07 Å². The summed E-state index contributed by atoms with van der Waals surface area (Å²) < 4.78 is 0. The van der Waals surface area contributed by atoms with Crippen LogP contribution in [0, 0.1) is 11.3 Å². The summed E-state index contributed by atoms with van der Waals surface area (Å²) in [6, 6.07) is 12.9. The third-order valence-electron chi connectivity index (χ3n) is 3.50. The zero-order chi connectivity index (χ0) is 11.4. The van der Waals surface area contributed by atoms with E-state index in [2.05, 4.69) is 42.2 Å². The zero-order valence-corrected chi connectivity index (χ0v) is 9.82. The fraction of sp³-hybridized carbons (Fsp3) is 0.500. The molecule has 0 saturated carbocycles. The van der Waals surface area contributed by atoms with Crippen molar-refractivity contribution in [2.24, 2.45) is 0 Å². The molecule has 0 N–H and O–H groups in total. The van der Waals surface area contributed by atoms with Crippen LogP contribution in [0.4, 0.5) is 0 Å². The molecule has 0 spiro atoms. The molecule has 0 aromatic heterocycles. The van der Waals surface area contributed by atoms with Crippen molar-refractivity contribution in [1.29, 1.82) is 5.26 Å². The minimum Gasteiger partial charge on any atom is -0.281 e. The van der Waals surface area contributed by atoms with Crippen molar-refractivity contribution in [1.82, 2.24) is 4.90 Å². The first-order valence-corrected chi connectivity index (χ1v) is 5.95. The van der Waals surface area contributed by atoms with Crippen molar-refractivity contribution in [3.05, 3.63) is 35.9 Å². The van der Waals surface area contributed by atoms with Gasteiger partial charge in [0.15, 0.2) is 0 Å². The molecule has 2 rings (SSSR count). The Morgan fingerprint density at radius 3 is 2.75 bits per heavy atom. The number of nitrogens with zero attached hydrogens (tertiary/aromatic N) is 2. The molecule has 0 amide bonds. The van der Waals surface area contributed by atoms with Crippen LogP contribution in [-0.4, -0.2) is 17.0 Å². The van der Waals surface area contributed by atoms with Crippen LogP contribution < -0.4 is 0 Å². The topological polar surface area (TPSA) is 27.0 Å². The molecule has 2 nitrogen and oxygen atoms in total. The Kier molecular flexibility index (Phi) is 3.26. The quantitative estimate of drug-likeness (QED) is 0.756. The second-order valence-electron chi connectivity index (χ2n) is 4.75. The van der Waals surface area contributed by atoms with Gasteiger partial charge in [0.1, 0.15) is 5.54 Å². The Morgan fingerprint density at radius 1 is 1.31 bits per heavy atom. The lowest BCUT2D eigenvalue weighted by Crippen LogP contribution is -2.47. The molecule has 84 valence electrons. The van der Waals surface area contributed by atoms with Crippen molar-refractivity contribution in [3.63, 3.8) is 0 Å². The monoisotopic (exact) mass is 214 g/mol. The summed E-state index contributed by atoms with van der Waals surface area (Å²) >= 11 is 0. The largest absolute Gasteiger partial charge is 0.281 e. The maximum atomic E-state index is 9.31. The van der Waals surface area contributed by atoms with E-state index in [0.29, 0.717) is 0 Å². The van der Waals surface area contributed by atoms with E-state index < -0.39 is 0 Å². The smallest absolute Gasteiger partial charge is 0.106 e. The van der Waals surface area contributed by atoms with Crippen LogP contribution in [0.1, 0.15) is 31.7 Å². The van der Waals surface area contributed by atoms with Crippen LogP contribution in [0.2, 0.25) is 0 Å². The fourth-order valence-corrected chi connectivity index (χ4v) is 2.36. The molecule has 1 heterocycles. The summed E-state index contributed by atoms with van der Waals surface area (Å²) in [5.41, 5.74) is 1.03. The van der Waals surface area contributed by atoms with Gasteiger partial charge in [-0.3, -0.25) is 4.90 Å². The highest BCUT2D eigenvalue weighted by Crippen LogP contribution is 2.28. The van der Waals surface area contributed by atoms with Gasteiger partial charge in [-0.2, -0.15) is 5.26 Å². The van der Waals surface area contributed by atoms with Crippen LogP contribution in [0.25, 0.3) is 0 Å². The number of nitriles is 1. The number of rotatable bonds is 2. The third kappa shape index (κ3) is 2.25. The van der Waals surface area contributed by atoms with Gasteiger partial charge in [0, 0.05) is 6.54 Å². The minimum absolute atomic E-state index is 0.270. The van der Waals surface area contributed by atoms with E-state index in [-0.39, 0.29) is 5.54 Å². The lowest BCUT2D eigenvalue weighted by Gasteiger charge is -2.39. The number of piperidine rings is 1. The SMILES string of the molecule is CC1(C#N)CCCCN1Cc1ccccc1. The standard InChI is InChI=1S/C14H18N2/c1-14(12-15)9-5-6-10-16(14)11-13-7-3-2-4-8-13/h2-4,7-8H,5-6,9-11H2,1H3. The van der Waals surface area contributed by atoms with Crippen LogP contribution in [-0.2, 0) is 6.54 Å². The van der Waals surface area contributed by atoms with Gasteiger partial charge in [0.25, 0.3) is 0 Å². The molecule has 1 atom stereocenters. The Balaban J connectivity index is 2.11. The van der Waals surface area contributed by atoms with E-state index >= 15 is 0 Å². The van der Waals surface area contributed by atoms with Gasteiger partial charge >= 0.3 is 0 Å². The van der Waals surface area contributed by atoms with E-state index in [9.17, 15) is 5.26 Å². The van der Waals surface area contributed by atoms with E-state index in [1.54, 1.807) is 0 Å². The van der Waals surface area contributed by atoms with E-state index in [1.165, 1.54) is 18.4 Å².